The number of amides is 2. The Bertz CT molecular complexity index is 1950. The van der Waals surface area contributed by atoms with Gasteiger partial charge in [-0.15, -0.1) is 0 Å². The summed E-state index contributed by atoms with van der Waals surface area (Å²) in [7, 11) is 3.55. The number of alkyl halides is 2. The highest BCUT2D eigenvalue weighted by Crippen LogP contribution is 2.60. The first-order valence-electron chi connectivity index (χ1n) is 16.7. The monoisotopic (exact) mass is 645 g/mol. The van der Waals surface area contributed by atoms with E-state index < -0.39 is 29.7 Å². The summed E-state index contributed by atoms with van der Waals surface area (Å²) in [5, 5.41) is 3.67. The number of benzene rings is 1. The van der Waals surface area contributed by atoms with Crippen molar-refractivity contribution >= 4 is 33.9 Å². The van der Waals surface area contributed by atoms with Gasteiger partial charge < -0.3 is 29.8 Å². The minimum Gasteiger partial charge on any atom is -0.494 e. The second kappa shape index (κ2) is 10.5. The van der Waals surface area contributed by atoms with Crippen molar-refractivity contribution in [2.75, 3.05) is 13.7 Å². The minimum absolute atomic E-state index is 0.00206. The zero-order chi connectivity index (χ0) is 33.0. The van der Waals surface area contributed by atoms with Gasteiger partial charge in [0.25, 0.3) is 11.8 Å². The Morgan fingerprint density at radius 1 is 1.15 bits per heavy atom. The van der Waals surface area contributed by atoms with Crippen LogP contribution in [0.3, 0.4) is 0 Å². The van der Waals surface area contributed by atoms with Gasteiger partial charge in [0.05, 0.1) is 30.1 Å². The molecule has 12 heteroatoms. The predicted molar refractivity (Wildman–Crippen MR) is 173 cm³/mol. The number of rotatable bonds is 8. The number of ether oxygens (including phenoxy) is 1. The lowest BCUT2D eigenvalue weighted by atomic mass is 9.94. The summed E-state index contributed by atoms with van der Waals surface area (Å²) in [5.74, 6) is -1.39. The van der Waals surface area contributed by atoms with Crippen LogP contribution < -0.4 is 15.8 Å². The molecule has 10 nitrogen and oxygen atoms in total. The third kappa shape index (κ3) is 4.81. The Morgan fingerprint density at radius 2 is 1.91 bits per heavy atom. The van der Waals surface area contributed by atoms with Gasteiger partial charge in [-0.3, -0.25) is 9.59 Å². The number of piperidine rings is 1. The van der Waals surface area contributed by atoms with Gasteiger partial charge in [-0.2, -0.15) is 0 Å². The summed E-state index contributed by atoms with van der Waals surface area (Å²) >= 11 is 0. The molecular formula is C35H41F2N7O3. The number of aryl methyl sites for hydroxylation is 1. The van der Waals surface area contributed by atoms with Gasteiger partial charge in [0.15, 0.2) is 5.82 Å². The van der Waals surface area contributed by atoms with Crippen molar-refractivity contribution in [1.82, 2.24) is 29.3 Å². The van der Waals surface area contributed by atoms with Gasteiger partial charge in [-0.1, -0.05) is 0 Å². The van der Waals surface area contributed by atoms with Crippen molar-refractivity contribution in [2.24, 2.45) is 30.0 Å². The van der Waals surface area contributed by atoms with Gasteiger partial charge in [-0.25, -0.2) is 18.7 Å². The average Bonchev–Trinajstić information content (AvgIpc) is 3.77. The van der Waals surface area contributed by atoms with Gasteiger partial charge in [0.1, 0.15) is 22.3 Å². The number of carbonyl (C=O) groups excluding carboxylic acids is 2. The molecule has 3 N–H and O–H groups in total. The van der Waals surface area contributed by atoms with Crippen LogP contribution in [0.5, 0.6) is 5.75 Å². The molecule has 47 heavy (non-hydrogen) atoms. The third-order valence-electron chi connectivity index (χ3n) is 11.2. The SMILES string of the molecule is COc1cc(C(=O)N2C[C@H](N)[C@H]3CC[C@@H]2C3)cc2nc(-c3cc4ccc([C@@H](C)NC(=O)[C@@]5(C)CC5(F)F)nc4n3CC3CC3)n(C)c12. The lowest BCUT2D eigenvalue weighted by Crippen LogP contribution is -2.51. The smallest absolute Gasteiger partial charge is 0.263 e. The Labute approximate surface area is 271 Å². The lowest BCUT2D eigenvalue weighted by molar-refractivity contribution is -0.130. The van der Waals surface area contributed by atoms with Crippen LogP contribution in [0.4, 0.5) is 8.78 Å². The second-order valence-corrected chi connectivity index (χ2v) is 14.5. The number of imidazole rings is 1. The minimum atomic E-state index is -2.98. The van der Waals surface area contributed by atoms with E-state index in [-0.39, 0.29) is 18.0 Å². The van der Waals surface area contributed by atoms with E-state index in [0.717, 1.165) is 60.9 Å². The molecule has 248 valence electrons. The summed E-state index contributed by atoms with van der Waals surface area (Å²) in [5.41, 5.74) is 8.97. The number of nitrogens with zero attached hydrogens (tertiary/aromatic N) is 5. The van der Waals surface area contributed by atoms with Crippen molar-refractivity contribution in [3.63, 3.8) is 0 Å². The van der Waals surface area contributed by atoms with Gasteiger partial charge in [-0.05, 0) is 88.1 Å². The first-order valence-corrected chi connectivity index (χ1v) is 16.7. The maximum Gasteiger partial charge on any atom is 0.263 e. The van der Waals surface area contributed by atoms with E-state index in [1.165, 1.54) is 6.92 Å². The van der Waals surface area contributed by atoms with Crippen molar-refractivity contribution in [3.05, 3.63) is 41.6 Å². The fourth-order valence-corrected chi connectivity index (χ4v) is 7.81. The van der Waals surface area contributed by atoms with Crippen LogP contribution in [0.25, 0.3) is 33.6 Å². The first-order chi connectivity index (χ1) is 22.4. The summed E-state index contributed by atoms with van der Waals surface area (Å²) in [4.78, 5) is 38.5. The molecule has 4 aromatic rings. The zero-order valence-corrected chi connectivity index (χ0v) is 27.2. The number of nitrogens with one attached hydrogen (secondary N) is 1. The van der Waals surface area contributed by atoms with E-state index in [0.29, 0.717) is 46.7 Å². The molecule has 0 spiro atoms. The molecule has 1 saturated heterocycles. The molecule has 1 aliphatic heterocycles. The largest absolute Gasteiger partial charge is 0.494 e. The highest BCUT2D eigenvalue weighted by Gasteiger charge is 2.72. The standard InChI is InChI=1S/C35H41F2N7O3/c1-18(39-33(46)34(2)17-35(34,36)37)25-10-8-21-13-27(44(30(21)40-25)15-19-5-6-19)31-41-26-12-22(14-28(47-4)29(26)42(31)3)32(45)43-16-24(38)20-7-9-23(43)11-20/h8,10,12-14,18-20,23-24H,5-7,9,11,15-17,38H2,1-4H3,(H,39,46)/t18-,20+,23-,24+,34-/m1/s1. The number of pyridine rings is 1. The molecule has 1 aromatic carbocycles. The van der Waals surface area contributed by atoms with Crippen LogP contribution in [-0.4, -0.2) is 67.5 Å². The molecular weight excluding hydrogens is 604 g/mol. The average molecular weight is 646 g/mol. The maximum atomic E-state index is 13.9. The van der Waals surface area contributed by atoms with Crippen LogP contribution >= 0.6 is 0 Å². The number of nitrogens with two attached hydrogens (primary N) is 1. The normalized spacial score (nSPS) is 27.0. The van der Waals surface area contributed by atoms with Crippen molar-refractivity contribution in [3.8, 4) is 17.3 Å². The number of halogens is 2. The van der Waals surface area contributed by atoms with Crippen molar-refractivity contribution in [2.45, 2.75) is 83.0 Å². The number of carbonyl (C=O) groups is 2. The summed E-state index contributed by atoms with van der Waals surface area (Å²) in [6, 6.07) is 9.19. The molecule has 2 bridgehead atoms. The Morgan fingerprint density at radius 3 is 2.62 bits per heavy atom. The van der Waals surface area contributed by atoms with E-state index in [9.17, 15) is 18.4 Å². The number of hydrogen-bond acceptors (Lipinski definition) is 6. The summed E-state index contributed by atoms with van der Waals surface area (Å²) in [6.45, 7) is 4.38. The van der Waals surface area contributed by atoms with Crippen LogP contribution in [0.2, 0.25) is 0 Å². The molecule has 4 fully saturated rings. The summed E-state index contributed by atoms with van der Waals surface area (Å²) < 4.78 is 37.7. The van der Waals surface area contributed by atoms with Crippen LogP contribution in [-0.2, 0) is 18.4 Å². The number of likely N-dealkylation sites (tertiary alicyclic amines) is 1. The molecule has 3 aromatic heterocycles. The van der Waals surface area contributed by atoms with Crippen molar-refractivity contribution in [1.29, 1.82) is 0 Å². The Kier molecular flexibility index (Phi) is 6.75. The molecule has 3 saturated carbocycles. The molecule has 2 amide bonds. The van der Waals surface area contributed by atoms with Crippen LogP contribution in [0, 0.1) is 17.3 Å². The third-order valence-corrected chi connectivity index (χ3v) is 11.2. The highest BCUT2D eigenvalue weighted by atomic mass is 19.3. The fourth-order valence-electron chi connectivity index (χ4n) is 7.81. The number of fused-ring (bicyclic) bond motifs is 4. The van der Waals surface area contributed by atoms with Gasteiger partial charge in [0.2, 0.25) is 5.91 Å². The number of hydrogen-bond donors (Lipinski definition) is 2. The molecule has 4 aliphatic rings. The fraction of sp³-hybridized carbons (Fsp3) is 0.543. The van der Waals surface area contributed by atoms with Gasteiger partial charge in [0, 0.05) is 49.6 Å². The molecule has 0 radical (unpaired) electrons. The van der Waals surface area contributed by atoms with Crippen LogP contribution in [0.1, 0.15) is 74.5 Å². The zero-order valence-electron chi connectivity index (χ0n) is 27.2. The molecule has 8 rings (SSSR count). The Hall–Kier alpha value is -4.06. The molecule has 3 aliphatic carbocycles. The van der Waals surface area contributed by atoms with Crippen molar-refractivity contribution < 1.29 is 23.1 Å². The predicted octanol–water partition coefficient (Wildman–Crippen LogP) is 5.18. The topological polar surface area (TPSA) is 120 Å². The van der Waals surface area contributed by atoms with E-state index in [1.807, 2.05) is 40.8 Å². The molecule has 4 heterocycles. The van der Waals surface area contributed by atoms with Gasteiger partial charge >= 0.3 is 0 Å². The van der Waals surface area contributed by atoms with E-state index in [4.69, 9.17) is 20.4 Å². The second-order valence-electron chi connectivity index (χ2n) is 14.5. The van der Waals surface area contributed by atoms with E-state index >= 15 is 0 Å². The summed E-state index contributed by atoms with van der Waals surface area (Å²) in [6.07, 6.45) is 4.83. The maximum absolute atomic E-state index is 13.9. The highest BCUT2D eigenvalue weighted by molar-refractivity contribution is 6.00. The molecule has 5 atom stereocenters. The Balaban J connectivity index is 1.16. The first kappa shape index (κ1) is 30.3. The molecule has 0 unspecified atom stereocenters. The lowest BCUT2D eigenvalue weighted by Gasteiger charge is -2.37. The van der Waals surface area contributed by atoms with Crippen LogP contribution in [0.15, 0.2) is 30.3 Å². The quantitative estimate of drug-likeness (QED) is 0.273. The number of aromatic nitrogens is 4. The van der Waals surface area contributed by atoms with E-state index in [2.05, 4.69) is 16.0 Å². The number of methoxy groups -OCH3 is 1. The van der Waals surface area contributed by atoms with E-state index in [1.54, 1.807) is 14.0 Å².